The van der Waals surface area contributed by atoms with E-state index in [0.29, 0.717) is 27.4 Å². The zero-order chi connectivity index (χ0) is 22.8. The number of hydrogen-bond donors (Lipinski definition) is 2. The lowest BCUT2D eigenvalue weighted by Gasteiger charge is -2.22. The fourth-order valence-corrected chi connectivity index (χ4v) is 4.15. The Kier molecular flexibility index (Phi) is 5.87. The molecule has 0 bridgehead atoms. The van der Waals surface area contributed by atoms with Crippen molar-refractivity contribution in [3.05, 3.63) is 82.0 Å². The van der Waals surface area contributed by atoms with E-state index < -0.39 is 17.9 Å². The number of hydrogen-bond acceptors (Lipinski definition) is 5. The van der Waals surface area contributed by atoms with Gasteiger partial charge in [-0.15, -0.1) is 11.3 Å². The van der Waals surface area contributed by atoms with Crippen LogP contribution in [0.2, 0.25) is 0 Å². The summed E-state index contributed by atoms with van der Waals surface area (Å²) in [6.45, 7) is 3.68. The summed E-state index contributed by atoms with van der Waals surface area (Å²) in [5, 5.41) is 7.36. The van der Waals surface area contributed by atoms with Crippen molar-refractivity contribution in [1.29, 1.82) is 0 Å². The first kappa shape index (κ1) is 21.5. The smallest absolute Gasteiger partial charge is 0.266 e. The number of nitrogens with one attached hydrogen (secondary N) is 2. The van der Waals surface area contributed by atoms with Gasteiger partial charge in [0.1, 0.15) is 6.04 Å². The molecule has 32 heavy (non-hydrogen) atoms. The number of fused-ring (bicyclic) bond motifs is 1. The highest BCUT2D eigenvalue weighted by molar-refractivity contribution is 7.12. The van der Waals surface area contributed by atoms with Crippen LogP contribution >= 0.6 is 11.3 Å². The lowest BCUT2D eigenvalue weighted by Crippen LogP contribution is -2.47. The van der Waals surface area contributed by atoms with Crippen LogP contribution in [0.5, 0.6) is 0 Å². The first-order chi connectivity index (χ1) is 15.4. The van der Waals surface area contributed by atoms with E-state index in [9.17, 15) is 19.2 Å². The maximum Gasteiger partial charge on any atom is 0.266 e. The third-order valence-corrected chi connectivity index (χ3v) is 6.02. The first-order valence-corrected chi connectivity index (χ1v) is 11.0. The summed E-state index contributed by atoms with van der Waals surface area (Å²) in [7, 11) is 0. The molecule has 7 nitrogen and oxygen atoms in total. The molecule has 162 valence electrons. The number of carbonyl (C=O) groups is 4. The van der Waals surface area contributed by atoms with Gasteiger partial charge >= 0.3 is 0 Å². The second-order valence-electron chi connectivity index (χ2n) is 7.70. The number of rotatable bonds is 6. The average molecular weight is 448 g/mol. The Balaban J connectivity index is 1.52. The molecular formula is C24H21N3O4S. The Morgan fingerprint density at radius 1 is 0.906 bits per heavy atom. The molecule has 0 spiro atoms. The summed E-state index contributed by atoms with van der Waals surface area (Å²) in [6.07, 6.45) is 0. The molecule has 3 aromatic rings. The highest BCUT2D eigenvalue weighted by atomic mass is 32.1. The van der Waals surface area contributed by atoms with Gasteiger partial charge in [0.2, 0.25) is 5.91 Å². The zero-order valence-corrected chi connectivity index (χ0v) is 18.3. The molecule has 0 fully saturated rings. The summed E-state index contributed by atoms with van der Waals surface area (Å²) in [6, 6.07) is 15.9. The second-order valence-corrected chi connectivity index (χ2v) is 8.65. The average Bonchev–Trinajstić information content (AvgIpc) is 3.40. The zero-order valence-electron chi connectivity index (χ0n) is 17.5. The Morgan fingerprint density at radius 3 is 2.19 bits per heavy atom. The van der Waals surface area contributed by atoms with Crippen LogP contribution in [0, 0.1) is 5.92 Å². The third kappa shape index (κ3) is 4.04. The summed E-state index contributed by atoms with van der Waals surface area (Å²) < 4.78 is 0. The second kappa shape index (κ2) is 8.76. The van der Waals surface area contributed by atoms with Gasteiger partial charge in [0.15, 0.2) is 0 Å². The van der Waals surface area contributed by atoms with Crippen LogP contribution in [0.25, 0.3) is 0 Å². The predicted molar refractivity (Wildman–Crippen MR) is 123 cm³/mol. The molecule has 2 N–H and O–H groups in total. The molecule has 8 heteroatoms. The van der Waals surface area contributed by atoms with E-state index >= 15 is 0 Å². The molecular weight excluding hydrogens is 426 g/mol. The van der Waals surface area contributed by atoms with Gasteiger partial charge in [-0.05, 0) is 47.7 Å². The van der Waals surface area contributed by atoms with Crippen molar-refractivity contribution in [3.8, 4) is 0 Å². The number of anilines is 2. The number of imide groups is 1. The summed E-state index contributed by atoms with van der Waals surface area (Å²) >= 11 is 1.30. The van der Waals surface area contributed by atoms with Crippen molar-refractivity contribution in [2.45, 2.75) is 19.9 Å². The van der Waals surface area contributed by atoms with Gasteiger partial charge in [-0.3, -0.25) is 19.2 Å². The van der Waals surface area contributed by atoms with Crippen molar-refractivity contribution in [2.24, 2.45) is 5.92 Å². The first-order valence-electron chi connectivity index (χ1n) is 10.1. The molecule has 0 saturated carbocycles. The van der Waals surface area contributed by atoms with Crippen molar-refractivity contribution in [2.75, 3.05) is 10.2 Å². The standard InChI is InChI=1S/C24H21N3O4S/c1-14(2)20(26-21(28)19-11-6-12-32-19)22(29)25-15-7-5-8-16(13-15)27-23(30)17-9-3-4-10-18(17)24(27)31/h3-14,20H,1-2H3,(H,25,29)(H,26,28). The number of carbonyl (C=O) groups excluding carboxylic acids is 4. The fraction of sp³-hybridized carbons (Fsp3) is 0.167. The van der Waals surface area contributed by atoms with E-state index in [-0.39, 0.29) is 17.7 Å². The van der Waals surface area contributed by atoms with Gasteiger partial charge in [0.25, 0.3) is 17.7 Å². The Hall–Kier alpha value is -3.78. The lowest BCUT2D eigenvalue weighted by atomic mass is 10.0. The van der Waals surface area contributed by atoms with E-state index in [4.69, 9.17) is 0 Å². The molecule has 1 atom stereocenters. The van der Waals surface area contributed by atoms with Gasteiger partial charge in [0.05, 0.1) is 21.7 Å². The van der Waals surface area contributed by atoms with Gasteiger partial charge < -0.3 is 10.6 Å². The van der Waals surface area contributed by atoms with Crippen LogP contribution in [-0.2, 0) is 4.79 Å². The molecule has 2 heterocycles. The van der Waals surface area contributed by atoms with Crippen LogP contribution in [-0.4, -0.2) is 29.7 Å². The summed E-state index contributed by atoms with van der Waals surface area (Å²) in [5.41, 5.74) is 1.48. The van der Waals surface area contributed by atoms with Gasteiger partial charge in [-0.2, -0.15) is 0 Å². The number of amides is 4. The van der Waals surface area contributed by atoms with Crippen molar-refractivity contribution < 1.29 is 19.2 Å². The van der Waals surface area contributed by atoms with E-state index in [2.05, 4.69) is 10.6 Å². The van der Waals surface area contributed by atoms with Gasteiger partial charge in [-0.1, -0.05) is 38.1 Å². The fourth-order valence-electron chi connectivity index (χ4n) is 3.52. The monoisotopic (exact) mass is 447 g/mol. The summed E-state index contributed by atoms with van der Waals surface area (Å²) in [5.74, 6) is -1.66. The van der Waals surface area contributed by atoms with Crippen LogP contribution < -0.4 is 15.5 Å². The molecule has 0 radical (unpaired) electrons. The van der Waals surface area contributed by atoms with Crippen LogP contribution in [0.1, 0.15) is 44.2 Å². The normalized spacial score (nSPS) is 13.8. The number of benzene rings is 2. The van der Waals surface area contributed by atoms with Gasteiger partial charge in [-0.25, -0.2) is 4.90 Å². The maximum atomic E-state index is 12.9. The SMILES string of the molecule is CC(C)C(NC(=O)c1cccs1)C(=O)Nc1cccc(N2C(=O)c3ccccc3C2=O)c1. The topological polar surface area (TPSA) is 95.6 Å². The van der Waals surface area contributed by atoms with Crippen LogP contribution in [0.4, 0.5) is 11.4 Å². The lowest BCUT2D eigenvalue weighted by molar-refractivity contribution is -0.118. The predicted octanol–water partition coefficient (Wildman–Crippen LogP) is 3.94. The minimum Gasteiger partial charge on any atom is -0.339 e. The van der Waals surface area contributed by atoms with Crippen molar-refractivity contribution >= 4 is 46.3 Å². The molecule has 2 aromatic carbocycles. The maximum absolute atomic E-state index is 12.9. The third-order valence-electron chi connectivity index (χ3n) is 5.15. The Morgan fingerprint density at radius 2 is 1.59 bits per heavy atom. The molecule has 0 saturated heterocycles. The summed E-state index contributed by atoms with van der Waals surface area (Å²) in [4.78, 5) is 52.5. The number of nitrogens with zero attached hydrogens (tertiary/aromatic N) is 1. The Labute approximate surface area is 189 Å². The molecule has 4 rings (SSSR count). The van der Waals surface area contributed by atoms with E-state index in [1.165, 1.54) is 11.3 Å². The van der Waals surface area contributed by atoms with Crippen LogP contribution in [0.15, 0.2) is 66.0 Å². The van der Waals surface area contributed by atoms with E-state index in [1.54, 1.807) is 66.0 Å². The molecule has 4 amide bonds. The minimum absolute atomic E-state index is 0.154. The van der Waals surface area contributed by atoms with Crippen molar-refractivity contribution in [3.63, 3.8) is 0 Å². The minimum atomic E-state index is -0.757. The highest BCUT2D eigenvalue weighted by Crippen LogP contribution is 2.29. The van der Waals surface area contributed by atoms with Gasteiger partial charge in [0, 0.05) is 5.69 Å². The number of thiophene rings is 1. The van der Waals surface area contributed by atoms with Crippen LogP contribution in [0.3, 0.4) is 0 Å². The Bertz CT molecular complexity index is 1170. The van der Waals surface area contributed by atoms with E-state index in [0.717, 1.165) is 4.90 Å². The molecule has 1 aliphatic rings. The molecule has 1 unspecified atom stereocenters. The molecule has 1 aliphatic heterocycles. The molecule has 1 aromatic heterocycles. The van der Waals surface area contributed by atoms with Crippen molar-refractivity contribution in [1.82, 2.24) is 5.32 Å². The largest absolute Gasteiger partial charge is 0.339 e. The quantitative estimate of drug-likeness (QED) is 0.560. The van der Waals surface area contributed by atoms with E-state index in [1.807, 2.05) is 13.8 Å². The molecule has 0 aliphatic carbocycles. The highest BCUT2D eigenvalue weighted by Gasteiger charge is 2.36.